The fourth-order valence-corrected chi connectivity index (χ4v) is 4.53. The minimum Gasteiger partial charge on any atom is -0.472 e. The number of carbonyl (C=O) groups is 3. The molecule has 0 aliphatic carbocycles. The van der Waals surface area contributed by atoms with Gasteiger partial charge in [-0.1, -0.05) is 11.6 Å². The summed E-state index contributed by atoms with van der Waals surface area (Å²) < 4.78 is 22.0. The van der Waals surface area contributed by atoms with Gasteiger partial charge in [-0.15, -0.1) is 11.8 Å². The topological polar surface area (TPSA) is 114 Å². The smallest absolute Gasteiger partial charge is 0.303 e. The Morgan fingerprint density at radius 2 is 1.69 bits per heavy atom. The highest BCUT2D eigenvalue weighted by molar-refractivity contribution is 7.99. The van der Waals surface area contributed by atoms with E-state index in [2.05, 4.69) is 9.97 Å². The van der Waals surface area contributed by atoms with Gasteiger partial charge in [0.2, 0.25) is 0 Å². The molecule has 1 saturated heterocycles. The lowest BCUT2D eigenvalue weighted by Gasteiger charge is -2.39. The van der Waals surface area contributed by atoms with Gasteiger partial charge in [-0.2, -0.15) is 0 Å². The van der Waals surface area contributed by atoms with E-state index in [1.807, 2.05) is 6.07 Å². The first-order valence-electron chi connectivity index (χ1n) is 9.61. The molecular weight excluding hydrogens is 460 g/mol. The molecular formula is C21H21ClN2O7S. The number of thioether (sulfide) groups is 1. The molecule has 0 aromatic carbocycles. The van der Waals surface area contributed by atoms with Crippen molar-refractivity contribution >= 4 is 41.3 Å². The minimum atomic E-state index is -1.05. The molecule has 1 fully saturated rings. The van der Waals surface area contributed by atoms with Crippen LogP contribution in [-0.4, -0.2) is 57.4 Å². The molecule has 2 aromatic rings. The highest BCUT2D eigenvalue weighted by Crippen LogP contribution is 2.36. The van der Waals surface area contributed by atoms with Gasteiger partial charge < -0.3 is 18.9 Å². The van der Waals surface area contributed by atoms with Crippen LogP contribution in [-0.2, 0) is 28.6 Å². The molecule has 0 radical (unpaired) electrons. The zero-order valence-corrected chi connectivity index (χ0v) is 19.1. The van der Waals surface area contributed by atoms with Gasteiger partial charge in [-0.25, -0.2) is 4.98 Å². The van der Waals surface area contributed by atoms with Crippen molar-refractivity contribution in [3.8, 4) is 17.0 Å². The van der Waals surface area contributed by atoms with Crippen LogP contribution in [0.15, 0.2) is 36.7 Å². The molecule has 3 rings (SSSR count). The maximum atomic E-state index is 11.8. The molecule has 9 nitrogen and oxygen atoms in total. The van der Waals surface area contributed by atoms with E-state index < -0.39 is 41.7 Å². The van der Waals surface area contributed by atoms with Crippen LogP contribution < -0.4 is 4.74 Å². The summed E-state index contributed by atoms with van der Waals surface area (Å²) in [6, 6.07) is 6.99. The summed E-state index contributed by atoms with van der Waals surface area (Å²) in [6.07, 6.45) is 0.403. The van der Waals surface area contributed by atoms with Crippen LogP contribution >= 0.6 is 23.4 Å². The first kappa shape index (κ1) is 23.8. The van der Waals surface area contributed by atoms with Crippen molar-refractivity contribution in [3.63, 3.8) is 0 Å². The maximum absolute atomic E-state index is 11.8. The second kappa shape index (κ2) is 10.6. The third-order valence-electron chi connectivity index (χ3n) is 4.32. The van der Waals surface area contributed by atoms with Crippen LogP contribution in [0.25, 0.3) is 11.3 Å². The van der Waals surface area contributed by atoms with Crippen LogP contribution in [0.4, 0.5) is 0 Å². The molecule has 0 amide bonds. The highest BCUT2D eigenvalue weighted by Gasteiger charge is 2.47. The van der Waals surface area contributed by atoms with Crippen molar-refractivity contribution in [1.29, 1.82) is 0 Å². The Kier molecular flexibility index (Phi) is 7.92. The Labute approximate surface area is 193 Å². The summed E-state index contributed by atoms with van der Waals surface area (Å²) in [7, 11) is 0. The van der Waals surface area contributed by atoms with Crippen LogP contribution in [0.1, 0.15) is 20.8 Å². The van der Waals surface area contributed by atoms with Crippen molar-refractivity contribution in [3.05, 3.63) is 41.8 Å². The summed E-state index contributed by atoms with van der Waals surface area (Å²) in [4.78, 5) is 43.3. The van der Waals surface area contributed by atoms with Gasteiger partial charge in [0.25, 0.3) is 0 Å². The zero-order valence-electron chi connectivity index (χ0n) is 17.5. The zero-order chi connectivity index (χ0) is 23.3. The molecule has 0 unspecified atom stereocenters. The third kappa shape index (κ3) is 6.10. The number of carbonyl (C=O) groups excluding carboxylic acids is 3. The number of aromatic nitrogens is 2. The van der Waals surface area contributed by atoms with E-state index in [1.54, 1.807) is 30.6 Å². The van der Waals surface area contributed by atoms with E-state index >= 15 is 0 Å². The van der Waals surface area contributed by atoms with E-state index in [9.17, 15) is 14.4 Å². The molecule has 3 heterocycles. The van der Waals surface area contributed by atoms with Crippen LogP contribution in [0, 0.1) is 0 Å². The van der Waals surface area contributed by atoms with Gasteiger partial charge >= 0.3 is 17.9 Å². The third-order valence-corrected chi connectivity index (χ3v) is 5.80. The molecule has 0 saturated carbocycles. The lowest BCUT2D eigenvalue weighted by atomic mass is 10.1. The molecule has 0 spiro atoms. The summed E-state index contributed by atoms with van der Waals surface area (Å²) in [5, 5.41) is 0.0969. The molecule has 32 heavy (non-hydrogen) atoms. The Morgan fingerprint density at radius 1 is 1.00 bits per heavy atom. The fraction of sp³-hybridized carbons (Fsp3) is 0.381. The van der Waals surface area contributed by atoms with Gasteiger partial charge in [0.15, 0.2) is 34.7 Å². The number of pyridine rings is 2. The van der Waals surface area contributed by atoms with Gasteiger partial charge in [-0.3, -0.25) is 19.4 Å². The predicted molar refractivity (Wildman–Crippen MR) is 116 cm³/mol. The second-order valence-corrected chi connectivity index (χ2v) is 8.33. The Hall–Kier alpha value is -2.85. The van der Waals surface area contributed by atoms with E-state index in [-0.39, 0.29) is 16.7 Å². The number of halogens is 1. The maximum Gasteiger partial charge on any atom is 0.303 e. The van der Waals surface area contributed by atoms with Crippen molar-refractivity contribution in [2.75, 3.05) is 5.75 Å². The quantitative estimate of drug-likeness (QED) is 0.347. The number of nitrogens with zero attached hydrogens (tertiary/aromatic N) is 2. The van der Waals surface area contributed by atoms with Crippen molar-refractivity contribution in [2.24, 2.45) is 0 Å². The van der Waals surface area contributed by atoms with Gasteiger partial charge in [0.05, 0.1) is 5.69 Å². The van der Waals surface area contributed by atoms with Crippen molar-refractivity contribution in [2.45, 2.75) is 44.5 Å². The lowest BCUT2D eigenvalue weighted by Crippen LogP contribution is -2.55. The molecule has 170 valence electrons. The largest absolute Gasteiger partial charge is 0.472 e. The second-order valence-electron chi connectivity index (χ2n) is 6.84. The summed E-state index contributed by atoms with van der Waals surface area (Å²) in [5.41, 5.74) is 0.597. The molecule has 1 aliphatic heterocycles. The van der Waals surface area contributed by atoms with Crippen molar-refractivity contribution in [1.82, 2.24) is 9.97 Å². The average Bonchev–Trinajstić information content (AvgIpc) is 2.73. The van der Waals surface area contributed by atoms with Gasteiger partial charge in [0.1, 0.15) is 0 Å². The van der Waals surface area contributed by atoms with Gasteiger partial charge in [-0.05, 0) is 24.3 Å². The van der Waals surface area contributed by atoms with Crippen LogP contribution in [0.2, 0.25) is 5.15 Å². The van der Waals surface area contributed by atoms with Gasteiger partial charge in [0, 0.05) is 44.5 Å². The lowest BCUT2D eigenvalue weighted by molar-refractivity contribution is -0.186. The summed E-state index contributed by atoms with van der Waals surface area (Å²) >= 11 is 7.58. The predicted octanol–water partition coefficient (Wildman–Crippen LogP) is 3.04. The van der Waals surface area contributed by atoms with E-state index in [0.29, 0.717) is 5.69 Å². The summed E-state index contributed by atoms with van der Waals surface area (Å²) in [6.45, 7) is 3.68. The number of hydrogen-bond donors (Lipinski definition) is 0. The van der Waals surface area contributed by atoms with E-state index in [0.717, 1.165) is 5.56 Å². The monoisotopic (exact) mass is 480 g/mol. The number of rotatable bonds is 6. The van der Waals surface area contributed by atoms with Crippen molar-refractivity contribution < 1.29 is 33.3 Å². The Morgan fingerprint density at radius 3 is 2.28 bits per heavy atom. The Balaban J connectivity index is 1.86. The molecule has 0 N–H and O–H groups in total. The first-order valence-corrected chi connectivity index (χ1v) is 11.0. The number of ether oxygens (including phenoxy) is 4. The van der Waals surface area contributed by atoms with E-state index in [4.69, 9.17) is 30.5 Å². The highest BCUT2D eigenvalue weighted by atomic mass is 35.5. The SMILES string of the molecule is CC(=O)O[C@@H]1[C@@H](OC(C)=O)[C@@H](Oc2ccc(-c3cccnc3)nc2Cl)SC[C@H]1OC(C)=O. The standard InChI is InChI=1S/C21H21ClN2O7S/c1-11(25)28-17-10-32-21(19(30-13(3)27)18(17)29-12(2)26)31-16-7-6-15(24-20(16)22)14-5-4-8-23-9-14/h4-9,17-19,21H,10H2,1-3H3/t17-,18+,19-,21+/m1/s1. The minimum absolute atomic E-state index is 0.0969. The number of hydrogen-bond acceptors (Lipinski definition) is 10. The van der Waals surface area contributed by atoms with E-state index in [1.165, 1.54) is 32.5 Å². The molecule has 4 atom stereocenters. The van der Waals surface area contributed by atoms with Crippen LogP contribution in [0.5, 0.6) is 5.75 Å². The summed E-state index contributed by atoms with van der Waals surface area (Å²) in [5.74, 6) is -1.27. The van der Waals surface area contributed by atoms with Crippen LogP contribution in [0.3, 0.4) is 0 Å². The fourth-order valence-electron chi connectivity index (χ4n) is 3.12. The molecule has 1 aliphatic rings. The molecule has 11 heteroatoms. The molecule has 2 aromatic heterocycles. The Bertz CT molecular complexity index is 991. The first-order chi connectivity index (χ1) is 15.2. The number of esters is 3. The average molecular weight is 481 g/mol. The normalized spacial score (nSPS) is 22.5. The molecule has 0 bridgehead atoms.